The van der Waals surface area contributed by atoms with Crippen LogP contribution in [0.3, 0.4) is 0 Å². The minimum atomic E-state index is 0.104. The van der Waals surface area contributed by atoms with Gasteiger partial charge in [-0.15, -0.1) is 11.8 Å². The van der Waals surface area contributed by atoms with E-state index in [1.165, 1.54) is 5.56 Å². The van der Waals surface area contributed by atoms with Crippen LogP contribution in [0.1, 0.15) is 39.7 Å². The molecule has 0 saturated heterocycles. The van der Waals surface area contributed by atoms with Crippen molar-refractivity contribution >= 4 is 15.9 Å². The van der Waals surface area contributed by atoms with Gasteiger partial charge in [0.05, 0.1) is 6.61 Å². The van der Waals surface area contributed by atoms with E-state index in [0.717, 1.165) is 23.2 Å². The second-order valence-corrected chi connectivity index (χ2v) is 6.24. The summed E-state index contributed by atoms with van der Waals surface area (Å²) in [5.41, 5.74) is 1.31. The molecule has 0 heterocycles. The first-order valence-electron chi connectivity index (χ1n) is 6.48. The van der Waals surface area contributed by atoms with Crippen LogP contribution in [0.25, 0.3) is 0 Å². The highest BCUT2D eigenvalue weighted by molar-refractivity contribution is 9.10. The maximum atomic E-state index is 5.68. The van der Waals surface area contributed by atoms with Crippen LogP contribution in [-0.4, -0.2) is 12.1 Å². The summed E-state index contributed by atoms with van der Waals surface area (Å²) in [6.45, 7) is 9.76. The van der Waals surface area contributed by atoms with E-state index >= 15 is 0 Å². The average molecular weight is 324 g/mol. The molecule has 0 fully saturated rings. The van der Waals surface area contributed by atoms with Crippen molar-refractivity contribution in [1.82, 2.24) is 5.32 Å². The van der Waals surface area contributed by atoms with Crippen molar-refractivity contribution in [2.24, 2.45) is 0 Å². The Morgan fingerprint density at radius 3 is 2.68 bits per heavy atom. The van der Waals surface area contributed by atoms with Gasteiger partial charge in [0.1, 0.15) is 5.75 Å². The largest absolute Gasteiger partial charge is 0.493 e. The second-order valence-electron chi connectivity index (χ2n) is 5.38. The maximum absolute atomic E-state index is 5.68. The molecule has 0 aliphatic carbocycles. The quantitative estimate of drug-likeness (QED) is 0.649. The predicted molar refractivity (Wildman–Crippen MR) is 84.3 cm³/mol. The minimum Gasteiger partial charge on any atom is -0.493 e. The standard InChI is InChI=1S/C16H22BrNO/c1-5-6-7-10-19-14-8-9-15(17)13(11-14)12-18-16(2,3)4/h8-9,11,18H,7,10,12H2,1-4H3. The molecule has 2 nitrogen and oxygen atoms in total. The van der Waals surface area contributed by atoms with Crippen molar-refractivity contribution in [3.63, 3.8) is 0 Å². The first-order valence-corrected chi connectivity index (χ1v) is 7.27. The molecule has 0 radical (unpaired) electrons. The van der Waals surface area contributed by atoms with Gasteiger partial charge >= 0.3 is 0 Å². The summed E-state index contributed by atoms with van der Waals surface area (Å²) in [6, 6.07) is 6.08. The van der Waals surface area contributed by atoms with E-state index < -0.39 is 0 Å². The highest BCUT2D eigenvalue weighted by Gasteiger charge is 2.10. The molecule has 0 aliphatic rings. The number of benzene rings is 1. The Balaban J connectivity index is 2.62. The molecule has 0 atom stereocenters. The smallest absolute Gasteiger partial charge is 0.119 e. The topological polar surface area (TPSA) is 21.3 Å². The Hall–Kier alpha value is -0.980. The Morgan fingerprint density at radius 2 is 2.05 bits per heavy atom. The first kappa shape index (κ1) is 16.1. The molecule has 0 aliphatic heterocycles. The van der Waals surface area contributed by atoms with Crippen molar-refractivity contribution in [3.8, 4) is 17.6 Å². The molecule has 1 N–H and O–H groups in total. The molecule has 0 saturated carbocycles. The summed E-state index contributed by atoms with van der Waals surface area (Å²) in [5, 5.41) is 3.47. The van der Waals surface area contributed by atoms with Crippen molar-refractivity contribution in [2.75, 3.05) is 6.61 Å². The molecule has 0 aromatic heterocycles. The van der Waals surface area contributed by atoms with E-state index in [0.29, 0.717) is 6.61 Å². The molecule has 1 aromatic carbocycles. The molecule has 104 valence electrons. The van der Waals surface area contributed by atoms with E-state index in [-0.39, 0.29) is 5.54 Å². The van der Waals surface area contributed by atoms with E-state index in [2.05, 4.69) is 59.9 Å². The second kappa shape index (κ2) is 7.57. The van der Waals surface area contributed by atoms with Crippen molar-refractivity contribution in [1.29, 1.82) is 0 Å². The predicted octanol–water partition coefficient (Wildman–Crippen LogP) is 4.13. The van der Waals surface area contributed by atoms with Gasteiger partial charge in [-0.25, -0.2) is 0 Å². The van der Waals surface area contributed by atoms with Crippen LogP contribution in [0, 0.1) is 11.8 Å². The molecule has 0 bridgehead atoms. The molecule has 0 spiro atoms. The van der Waals surface area contributed by atoms with E-state index in [1.807, 2.05) is 19.1 Å². The van der Waals surface area contributed by atoms with Gasteiger partial charge in [-0.2, -0.15) is 0 Å². The van der Waals surface area contributed by atoms with Crippen LogP contribution in [0.15, 0.2) is 22.7 Å². The summed E-state index contributed by atoms with van der Waals surface area (Å²) >= 11 is 3.57. The lowest BCUT2D eigenvalue weighted by atomic mass is 10.1. The lowest BCUT2D eigenvalue weighted by Crippen LogP contribution is -2.35. The number of hydrogen-bond acceptors (Lipinski definition) is 2. The van der Waals surface area contributed by atoms with Crippen LogP contribution in [0.2, 0.25) is 0 Å². The van der Waals surface area contributed by atoms with Gasteiger partial charge in [-0.3, -0.25) is 0 Å². The van der Waals surface area contributed by atoms with Gasteiger partial charge in [0.25, 0.3) is 0 Å². The zero-order valence-electron chi connectivity index (χ0n) is 12.1. The zero-order valence-corrected chi connectivity index (χ0v) is 13.7. The molecule has 3 heteroatoms. The molecule has 0 unspecified atom stereocenters. The number of nitrogens with one attached hydrogen (secondary N) is 1. The number of halogens is 1. The van der Waals surface area contributed by atoms with Crippen LogP contribution in [-0.2, 0) is 6.54 Å². The summed E-state index contributed by atoms with van der Waals surface area (Å²) in [4.78, 5) is 0. The van der Waals surface area contributed by atoms with Crippen LogP contribution in [0.5, 0.6) is 5.75 Å². The van der Waals surface area contributed by atoms with Gasteiger partial charge in [-0.05, 0) is 51.5 Å². The van der Waals surface area contributed by atoms with Crippen LogP contribution >= 0.6 is 15.9 Å². The highest BCUT2D eigenvalue weighted by atomic mass is 79.9. The van der Waals surface area contributed by atoms with Crippen molar-refractivity contribution in [2.45, 2.75) is 46.2 Å². The fourth-order valence-electron chi connectivity index (χ4n) is 1.48. The molecule has 1 rings (SSSR count). The third-order valence-corrected chi connectivity index (χ3v) is 3.27. The van der Waals surface area contributed by atoms with Gasteiger partial charge in [-0.1, -0.05) is 15.9 Å². The van der Waals surface area contributed by atoms with Crippen LogP contribution < -0.4 is 10.1 Å². The fourth-order valence-corrected chi connectivity index (χ4v) is 1.87. The fraction of sp³-hybridized carbons (Fsp3) is 0.500. The Kier molecular flexibility index (Phi) is 6.41. The van der Waals surface area contributed by atoms with Gasteiger partial charge in [0.2, 0.25) is 0 Å². The van der Waals surface area contributed by atoms with Gasteiger partial charge in [0.15, 0.2) is 0 Å². The number of ether oxygens (including phenoxy) is 1. The lowest BCUT2D eigenvalue weighted by molar-refractivity contribution is 0.326. The Labute approximate surface area is 125 Å². The summed E-state index contributed by atoms with van der Waals surface area (Å²) in [7, 11) is 0. The SMILES string of the molecule is CC#CCCOc1ccc(Br)c(CNC(C)(C)C)c1. The molecule has 1 aromatic rings. The van der Waals surface area contributed by atoms with E-state index in [9.17, 15) is 0 Å². The average Bonchev–Trinajstić information content (AvgIpc) is 2.34. The zero-order chi connectivity index (χ0) is 14.3. The summed E-state index contributed by atoms with van der Waals surface area (Å²) in [5.74, 6) is 6.75. The van der Waals surface area contributed by atoms with Gasteiger partial charge < -0.3 is 10.1 Å². The van der Waals surface area contributed by atoms with Gasteiger partial charge in [0, 0.05) is 23.0 Å². The van der Waals surface area contributed by atoms with Crippen LogP contribution in [0.4, 0.5) is 0 Å². The normalized spacial score (nSPS) is 10.8. The molecule has 19 heavy (non-hydrogen) atoms. The highest BCUT2D eigenvalue weighted by Crippen LogP contribution is 2.23. The van der Waals surface area contributed by atoms with E-state index in [1.54, 1.807) is 0 Å². The third kappa shape index (κ3) is 6.66. The third-order valence-electron chi connectivity index (χ3n) is 2.50. The Morgan fingerprint density at radius 1 is 1.32 bits per heavy atom. The molecule has 0 amide bonds. The first-order chi connectivity index (χ1) is 8.92. The van der Waals surface area contributed by atoms with Crippen molar-refractivity contribution in [3.05, 3.63) is 28.2 Å². The van der Waals surface area contributed by atoms with E-state index in [4.69, 9.17) is 4.74 Å². The monoisotopic (exact) mass is 323 g/mol. The number of hydrogen-bond donors (Lipinski definition) is 1. The number of rotatable bonds is 5. The minimum absolute atomic E-state index is 0.104. The maximum Gasteiger partial charge on any atom is 0.119 e. The summed E-state index contributed by atoms with van der Waals surface area (Å²) in [6.07, 6.45) is 0.766. The Bertz CT molecular complexity index is 466. The lowest BCUT2D eigenvalue weighted by Gasteiger charge is -2.21. The summed E-state index contributed by atoms with van der Waals surface area (Å²) < 4.78 is 6.79. The van der Waals surface area contributed by atoms with Crippen molar-refractivity contribution < 1.29 is 4.74 Å². The molecular weight excluding hydrogens is 302 g/mol. The molecular formula is C16H22BrNO.